The van der Waals surface area contributed by atoms with Gasteiger partial charge in [-0.05, 0) is 30.3 Å². The molecule has 0 aliphatic rings. The van der Waals surface area contributed by atoms with Crippen molar-refractivity contribution in [2.45, 2.75) is 6.04 Å². The van der Waals surface area contributed by atoms with E-state index in [2.05, 4.69) is 34.6 Å². The SMILES string of the molecule is CNC(c1ccccc1Cl)c1cccc2cccnc12. The fraction of sp³-hybridized carbons (Fsp3) is 0.118. The molecule has 0 amide bonds. The van der Waals surface area contributed by atoms with Crippen molar-refractivity contribution in [3.63, 3.8) is 0 Å². The van der Waals surface area contributed by atoms with Crippen molar-refractivity contribution >= 4 is 22.5 Å². The molecular formula is C17H15ClN2. The predicted molar refractivity (Wildman–Crippen MR) is 84.1 cm³/mol. The number of fused-ring (bicyclic) bond motifs is 1. The van der Waals surface area contributed by atoms with Crippen molar-refractivity contribution in [3.8, 4) is 0 Å². The van der Waals surface area contributed by atoms with Crippen LogP contribution in [0.4, 0.5) is 0 Å². The van der Waals surface area contributed by atoms with Gasteiger partial charge in [0.25, 0.3) is 0 Å². The van der Waals surface area contributed by atoms with Crippen LogP contribution in [0.25, 0.3) is 10.9 Å². The standard InChI is InChI=1S/C17H15ClN2/c1-19-17(13-8-2-3-10-15(13)18)14-9-4-6-12-7-5-11-20-16(12)14/h2-11,17,19H,1H3. The van der Waals surface area contributed by atoms with Crippen molar-refractivity contribution in [1.29, 1.82) is 0 Å². The number of nitrogens with one attached hydrogen (secondary N) is 1. The molecule has 1 aromatic heterocycles. The number of aromatic nitrogens is 1. The molecule has 3 aromatic rings. The molecule has 0 bridgehead atoms. The van der Waals surface area contributed by atoms with Crippen molar-refractivity contribution in [1.82, 2.24) is 10.3 Å². The Hall–Kier alpha value is -1.90. The topological polar surface area (TPSA) is 24.9 Å². The van der Waals surface area contributed by atoms with Crippen LogP contribution in [0.2, 0.25) is 5.02 Å². The van der Waals surface area contributed by atoms with E-state index < -0.39 is 0 Å². The molecule has 0 radical (unpaired) electrons. The molecule has 1 unspecified atom stereocenters. The number of hydrogen-bond donors (Lipinski definition) is 1. The number of benzene rings is 2. The van der Waals surface area contributed by atoms with E-state index in [-0.39, 0.29) is 6.04 Å². The lowest BCUT2D eigenvalue weighted by Crippen LogP contribution is -2.18. The molecule has 3 rings (SSSR count). The lowest BCUT2D eigenvalue weighted by Gasteiger charge is -2.19. The van der Waals surface area contributed by atoms with Gasteiger partial charge in [0.05, 0.1) is 11.6 Å². The van der Waals surface area contributed by atoms with Gasteiger partial charge in [-0.2, -0.15) is 0 Å². The molecule has 0 spiro atoms. The van der Waals surface area contributed by atoms with E-state index in [0.717, 1.165) is 27.1 Å². The molecule has 0 saturated carbocycles. The molecule has 2 aromatic carbocycles. The maximum absolute atomic E-state index is 6.34. The van der Waals surface area contributed by atoms with Gasteiger partial charge in [-0.15, -0.1) is 0 Å². The maximum Gasteiger partial charge on any atom is 0.0753 e. The fourth-order valence-corrected chi connectivity index (χ4v) is 2.79. The number of para-hydroxylation sites is 1. The quantitative estimate of drug-likeness (QED) is 0.779. The van der Waals surface area contributed by atoms with E-state index in [1.54, 1.807) is 0 Å². The zero-order chi connectivity index (χ0) is 13.9. The Morgan fingerprint density at radius 3 is 2.50 bits per heavy atom. The first-order valence-corrected chi connectivity index (χ1v) is 6.94. The lowest BCUT2D eigenvalue weighted by molar-refractivity contribution is 0.696. The summed E-state index contributed by atoms with van der Waals surface area (Å²) in [6, 6.07) is 18.2. The van der Waals surface area contributed by atoms with Crippen LogP contribution in [0.1, 0.15) is 17.2 Å². The van der Waals surface area contributed by atoms with Crippen LogP contribution >= 0.6 is 11.6 Å². The van der Waals surface area contributed by atoms with Crippen LogP contribution in [0.15, 0.2) is 60.8 Å². The number of pyridine rings is 1. The van der Waals surface area contributed by atoms with Gasteiger partial charge in [-0.3, -0.25) is 4.98 Å². The Morgan fingerprint density at radius 2 is 1.70 bits per heavy atom. The van der Waals surface area contributed by atoms with Crippen LogP contribution < -0.4 is 5.32 Å². The summed E-state index contributed by atoms with van der Waals surface area (Å²) in [5.74, 6) is 0. The fourth-order valence-electron chi connectivity index (χ4n) is 2.55. The molecule has 1 heterocycles. The smallest absolute Gasteiger partial charge is 0.0753 e. The van der Waals surface area contributed by atoms with E-state index in [0.29, 0.717) is 0 Å². The molecule has 1 atom stereocenters. The molecule has 0 aliphatic carbocycles. The van der Waals surface area contributed by atoms with Gasteiger partial charge < -0.3 is 5.32 Å². The Bertz CT molecular complexity index is 734. The molecular weight excluding hydrogens is 268 g/mol. The summed E-state index contributed by atoms with van der Waals surface area (Å²) in [4.78, 5) is 4.52. The molecule has 1 N–H and O–H groups in total. The van der Waals surface area contributed by atoms with Crippen LogP contribution in [-0.2, 0) is 0 Å². The van der Waals surface area contributed by atoms with Gasteiger partial charge in [0.1, 0.15) is 0 Å². The van der Waals surface area contributed by atoms with Crippen molar-refractivity contribution in [3.05, 3.63) is 76.9 Å². The third-order valence-corrected chi connectivity index (χ3v) is 3.82. The summed E-state index contributed by atoms with van der Waals surface area (Å²) in [5.41, 5.74) is 3.21. The first kappa shape index (κ1) is 13.1. The second kappa shape index (κ2) is 5.61. The van der Waals surface area contributed by atoms with Crippen LogP contribution in [0.3, 0.4) is 0 Å². The van der Waals surface area contributed by atoms with E-state index in [4.69, 9.17) is 11.6 Å². The summed E-state index contributed by atoms with van der Waals surface area (Å²) in [7, 11) is 1.94. The zero-order valence-corrected chi connectivity index (χ0v) is 11.9. The normalized spacial score (nSPS) is 12.5. The van der Waals surface area contributed by atoms with Gasteiger partial charge in [0.2, 0.25) is 0 Å². The highest BCUT2D eigenvalue weighted by atomic mass is 35.5. The number of halogens is 1. The summed E-state index contributed by atoms with van der Waals surface area (Å²) in [5, 5.41) is 5.24. The Balaban J connectivity index is 2.20. The van der Waals surface area contributed by atoms with Gasteiger partial charge in [-0.1, -0.05) is 54.1 Å². The van der Waals surface area contributed by atoms with Crippen LogP contribution in [0, 0.1) is 0 Å². The second-order valence-electron chi connectivity index (χ2n) is 4.67. The monoisotopic (exact) mass is 282 g/mol. The van der Waals surface area contributed by atoms with E-state index >= 15 is 0 Å². The summed E-state index contributed by atoms with van der Waals surface area (Å²) in [6.45, 7) is 0. The first-order valence-electron chi connectivity index (χ1n) is 6.56. The van der Waals surface area contributed by atoms with Gasteiger partial charge in [0.15, 0.2) is 0 Å². The molecule has 0 saturated heterocycles. The van der Waals surface area contributed by atoms with Crippen molar-refractivity contribution in [2.75, 3.05) is 7.05 Å². The van der Waals surface area contributed by atoms with Crippen LogP contribution in [0.5, 0.6) is 0 Å². The average molecular weight is 283 g/mol. The maximum atomic E-state index is 6.34. The van der Waals surface area contributed by atoms with Crippen LogP contribution in [-0.4, -0.2) is 12.0 Å². The summed E-state index contributed by atoms with van der Waals surface area (Å²) < 4.78 is 0. The Kier molecular flexibility index (Phi) is 3.68. The first-order chi connectivity index (χ1) is 9.81. The third kappa shape index (κ3) is 2.28. The highest BCUT2D eigenvalue weighted by Gasteiger charge is 2.17. The highest BCUT2D eigenvalue weighted by Crippen LogP contribution is 2.31. The van der Waals surface area contributed by atoms with E-state index in [9.17, 15) is 0 Å². The molecule has 20 heavy (non-hydrogen) atoms. The minimum Gasteiger partial charge on any atom is -0.309 e. The zero-order valence-electron chi connectivity index (χ0n) is 11.2. The molecule has 3 heteroatoms. The Labute approximate surface area is 123 Å². The summed E-state index contributed by atoms with van der Waals surface area (Å²) >= 11 is 6.34. The minimum atomic E-state index is 0.0299. The molecule has 100 valence electrons. The highest BCUT2D eigenvalue weighted by molar-refractivity contribution is 6.31. The second-order valence-corrected chi connectivity index (χ2v) is 5.07. The number of rotatable bonds is 3. The Morgan fingerprint density at radius 1 is 0.950 bits per heavy atom. The van der Waals surface area contributed by atoms with Gasteiger partial charge >= 0.3 is 0 Å². The summed E-state index contributed by atoms with van der Waals surface area (Å²) in [6.07, 6.45) is 1.82. The number of hydrogen-bond acceptors (Lipinski definition) is 2. The van der Waals surface area contributed by atoms with E-state index in [1.807, 2.05) is 43.6 Å². The van der Waals surface area contributed by atoms with Gasteiger partial charge in [-0.25, -0.2) is 0 Å². The van der Waals surface area contributed by atoms with E-state index in [1.165, 1.54) is 0 Å². The minimum absolute atomic E-state index is 0.0299. The molecule has 0 aliphatic heterocycles. The molecule has 0 fully saturated rings. The van der Waals surface area contributed by atoms with Crippen molar-refractivity contribution < 1.29 is 0 Å². The largest absolute Gasteiger partial charge is 0.309 e. The third-order valence-electron chi connectivity index (χ3n) is 3.48. The molecule has 2 nitrogen and oxygen atoms in total. The van der Waals surface area contributed by atoms with Crippen molar-refractivity contribution in [2.24, 2.45) is 0 Å². The average Bonchev–Trinajstić information content (AvgIpc) is 2.50. The number of nitrogens with zero attached hydrogens (tertiary/aromatic N) is 1. The van der Waals surface area contributed by atoms with Gasteiger partial charge in [0, 0.05) is 16.6 Å². The predicted octanol–water partition coefficient (Wildman–Crippen LogP) is 4.20. The lowest BCUT2D eigenvalue weighted by atomic mass is 9.96.